The molecule has 1 aromatic heterocycles. The second-order valence-electron chi connectivity index (χ2n) is 6.56. The topological polar surface area (TPSA) is 59.0 Å². The molecule has 0 bridgehead atoms. The minimum Gasteiger partial charge on any atom is -0.349 e. The number of carbonyl (C=O) groups is 1. The van der Waals surface area contributed by atoms with Gasteiger partial charge >= 0.3 is 0 Å². The fraction of sp³-hybridized carbons (Fsp3) is 0.444. The number of hydrogen-bond donors (Lipinski definition) is 2. The van der Waals surface area contributed by atoms with Crippen LogP contribution in [0.5, 0.6) is 0 Å². The van der Waals surface area contributed by atoms with Crippen LogP contribution in [0.1, 0.15) is 41.5 Å². The Hall–Kier alpha value is -1.92. The van der Waals surface area contributed by atoms with Crippen LogP contribution < -0.4 is 10.6 Å². The van der Waals surface area contributed by atoms with Crippen LogP contribution in [0.3, 0.4) is 0 Å². The van der Waals surface area contributed by atoms with E-state index in [-0.39, 0.29) is 24.4 Å². The number of nitrogens with one attached hydrogen (secondary N) is 2. The van der Waals surface area contributed by atoms with Crippen LogP contribution >= 0.6 is 12.4 Å². The third-order valence-electron chi connectivity index (χ3n) is 4.41. The molecule has 25 heavy (non-hydrogen) atoms. The molecule has 7 heteroatoms. The summed E-state index contributed by atoms with van der Waals surface area (Å²) in [6, 6.07) is 6.94. The maximum Gasteiger partial charge on any atom is 0.251 e. The molecule has 1 fully saturated rings. The number of benzene rings is 1. The van der Waals surface area contributed by atoms with Crippen molar-refractivity contribution in [3.05, 3.63) is 47.0 Å². The van der Waals surface area contributed by atoms with E-state index in [9.17, 15) is 9.18 Å². The molecule has 1 aromatic carbocycles. The first-order valence-electron chi connectivity index (χ1n) is 8.31. The van der Waals surface area contributed by atoms with Gasteiger partial charge < -0.3 is 10.6 Å². The number of rotatable bonds is 3. The minimum absolute atomic E-state index is 0. The predicted molar refractivity (Wildman–Crippen MR) is 98.2 cm³/mol. The lowest BCUT2D eigenvalue weighted by Gasteiger charge is -2.28. The number of hydrogen-bond acceptors (Lipinski definition) is 3. The van der Waals surface area contributed by atoms with Crippen molar-refractivity contribution in [3.63, 3.8) is 0 Å². The summed E-state index contributed by atoms with van der Waals surface area (Å²) in [6.07, 6.45) is 1.78. The van der Waals surface area contributed by atoms with Crippen LogP contribution in [0.25, 0.3) is 5.69 Å². The van der Waals surface area contributed by atoms with E-state index in [1.165, 1.54) is 6.07 Å². The predicted octanol–water partition coefficient (Wildman–Crippen LogP) is 2.92. The highest BCUT2D eigenvalue weighted by Gasteiger charge is 2.21. The molecule has 0 spiro atoms. The molecule has 5 nitrogen and oxygen atoms in total. The van der Waals surface area contributed by atoms with Crippen molar-refractivity contribution in [1.82, 2.24) is 20.4 Å². The van der Waals surface area contributed by atoms with E-state index in [1.807, 2.05) is 19.9 Å². The number of amides is 1. The summed E-state index contributed by atoms with van der Waals surface area (Å²) in [5, 5.41) is 10.6. The summed E-state index contributed by atoms with van der Waals surface area (Å²) in [7, 11) is 0. The van der Waals surface area contributed by atoms with Crippen LogP contribution in [0, 0.1) is 19.7 Å². The molecule has 0 saturated carbocycles. The largest absolute Gasteiger partial charge is 0.349 e. The first-order chi connectivity index (χ1) is 11.4. The highest BCUT2D eigenvalue weighted by molar-refractivity contribution is 5.94. The first-order valence-corrected chi connectivity index (χ1v) is 8.31. The summed E-state index contributed by atoms with van der Waals surface area (Å²) >= 11 is 0. The molecule has 2 N–H and O–H groups in total. The van der Waals surface area contributed by atoms with Crippen molar-refractivity contribution in [2.45, 2.75) is 45.7 Å². The zero-order valence-electron chi connectivity index (χ0n) is 14.7. The zero-order valence-corrected chi connectivity index (χ0v) is 15.5. The Kier molecular flexibility index (Phi) is 6.19. The van der Waals surface area contributed by atoms with Gasteiger partial charge in [-0.3, -0.25) is 4.79 Å². The van der Waals surface area contributed by atoms with Crippen LogP contribution in [0.15, 0.2) is 24.3 Å². The summed E-state index contributed by atoms with van der Waals surface area (Å²) < 4.78 is 16.0. The van der Waals surface area contributed by atoms with Gasteiger partial charge in [-0.2, -0.15) is 5.10 Å². The molecule has 2 unspecified atom stereocenters. The fourth-order valence-corrected chi connectivity index (χ4v) is 3.22. The molecule has 0 radical (unpaired) electrons. The molecule has 2 heterocycles. The number of nitrogens with zero attached hydrogens (tertiary/aromatic N) is 2. The number of carbonyl (C=O) groups excluding carboxylic acids is 1. The number of piperidine rings is 1. The van der Waals surface area contributed by atoms with Gasteiger partial charge in [0, 0.05) is 23.3 Å². The van der Waals surface area contributed by atoms with E-state index in [0.717, 1.165) is 30.8 Å². The fourth-order valence-electron chi connectivity index (χ4n) is 3.22. The van der Waals surface area contributed by atoms with Crippen molar-refractivity contribution in [3.8, 4) is 5.69 Å². The molecule has 3 rings (SSSR count). The molecule has 2 atom stereocenters. The first kappa shape index (κ1) is 19.4. The van der Waals surface area contributed by atoms with Gasteiger partial charge in [-0.25, -0.2) is 9.07 Å². The van der Waals surface area contributed by atoms with Gasteiger partial charge in [-0.05, 0) is 64.4 Å². The summed E-state index contributed by atoms with van der Waals surface area (Å²) in [5.41, 5.74) is 2.37. The Morgan fingerprint density at radius 3 is 2.72 bits per heavy atom. The van der Waals surface area contributed by atoms with Gasteiger partial charge in [0.05, 0.1) is 5.69 Å². The van der Waals surface area contributed by atoms with Crippen molar-refractivity contribution in [2.75, 3.05) is 6.54 Å². The van der Waals surface area contributed by atoms with E-state index in [0.29, 0.717) is 17.3 Å². The van der Waals surface area contributed by atoms with Crippen molar-refractivity contribution >= 4 is 18.3 Å². The Morgan fingerprint density at radius 2 is 2.12 bits per heavy atom. The summed E-state index contributed by atoms with van der Waals surface area (Å²) in [6.45, 7) is 6.72. The Bertz CT molecular complexity index is 762. The quantitative estimate of drug-likeness (QED) is 0.878. The van der Waals surface area contributed by atoms with Gasteiger partial charge in [0.1, 0.15) is 11.5 Å². The van der Waals surface area contributed by atoms with Gasteiger partial charge in [0.15, 0.2) is 0 Å². The lowest BCUT2D eigenvalue weighted by atomic mass is 10.00. The molecule has 1 aliphatic heterocycles. The van der Waals surface area contributed by atoms with E-state index >= 15 is 0 Å². The zero-order chi connectivity index (χ0) is 17.3. The van der Waals surface area contributed by atoms with Crippen LogP contribution in [0.4, 0.5) is 4.39 Å². The number of aryl methyl sites for hydroxylation is 2. The summed E-state index contributed by atoms with van der Waals surface area (Å²) in [5.74, 6) is -0.680. The average molecular weight is 367 g/mol. The van der Waals surface area contributed by atoms with Crippen LogP contribution in [-0.2, 0) is 0 Å². The third kappa shape index (κ3) is 4.38. The Labute approximate surface area is 153 Å². The normalized spacial score (nSPS) is 20.0. The standard InChI is InChI=1S/C18H23FN4O.ClH/c1-11-9-15(6-7-20-11)21-18(24)14-4-5-17(16(19)10-14)23-13(3)8-12(2)22-23;/h4-5,8,10-11,15,20H,6-7,9H2,1-3H3,(H,21,24);1H. The molecule has 1 aliphatic rings. The molecule has 136 valence electrons. The molecule has 1 amide bonds. The average Bonchev–Trinajstić information content (AvgIpc) is 2.85. The second kappa shape index (κ2) is 7.97. The van der Waals surface area contributed by atoms with Gasteiger partial charge in [-0.1, -0.05) is 0 Å². The van der Waals surface area contributed by atoms with Gasteiger partial charge in [-0.15, -0.1) is 12.4 Å². The van der Waals surface area contributed by atoms with Crippen molar-refractivity contribution in [1.29, 1.82) is 0 Å². The molecular weight excluding hydrogens is 343 g/mol. The molecule has 2 aromatic rings. The molecule has 1 saturated heterocycles. The lowest BCUT2D eigenvalue weighted by molar-refractivity contribution is 0.0925. The lowest BCUT2D eigenvalue weighted by Crippen LogP contribution is -2.46. The van der Waals surface area contributed by atoms with Gasteiger partial charge in [0.2, 0.25) is 0 Å². The third-order valence-corrected chi connectivity index (χ3v) is 4.41. The van der Waals surface area contributed by atoms with Crippen molar-refractivity contribution in [2.24, 2.45) is 0 Å². The van der Waals surface area contributed by atoms with E-state index in [2.05, 4.69) is 22.7 Å². The van der Waals surface area contributed by atoms with Gasteiger partial charge in [0.25, 0.3) is 5.91 Å². The Morgan fingerprint density at radius 1 is 1.36 bits per heavy atom. The van der Waals surface area contributed by atoms with Crippen LogP contribution in [-0.4, -0.2) is 34.3 Å². The molecular formula is C18H24ClFN4O. The highest BCUT2D eigenvalue weighted by Crippen LogP contribution is 2.18. The Balaban J connectivity index is 0.00000225. The minimum atomic E-state index is -0.451. The van der Waals surface area contributed by atoms with Crippen LogP contribution in [0.2, 0.25) is 0 Å². The SMILES string of the molecule is Cc1cc(C)n(-c2ccc(C(=O)NC3CCNC(C)C3)cc2F)n1.Cl. The van der Waals surface area contributed by atoms with Crippen molar-refractivity contribution < 1.29 is 9.18 Å². The highest BCUT2D eigenvalue weighted by atomic mass is 35.5. The van der Waals surface area contributed by atoms with E-state index < -0.39 is 5.82 Å². The second-order valence-corrected chi connectivity index (χ2v) is 6.56. The number of aromatic nitrogens is 2. The monoisotopic (exact) mass is 366 g/mol. The maximum atomic E-state index is 14.5. The number of halogens is 2. The van der Waals surface area contributed by atoms with E-state index in [1.54, 1.807) is 16.8 Å². The van der Waals surface area contributed by atoms with E-state index in [4.69, 9.17) is 0 Å². The summed E-state index contributed by atoms with van der Waals surface area (Å²) in [4.78, 5) is 12.4. The smallest absolute Gasteiger partial charge is 0.251 e. The maximum absolute atomic E-state index is 14.5. The molecule has 0 aliphatic carbocycles.